The van der Waals surface area contributed by atoms with Gasteiger partial charge in [0.2, 0.25) is 5.91 Å². The summed E-state index contributed by atoms with van der Waals surface area (Å²) in [5, 5.41) is 1.63. The molecule has 3 rings (SSSR count). The van der Waals surface area contributed by atoms with Gasteiger partial charge in [-0.2, -0.15) is 0 Å². The van der Waals surface area contributed by atoms with Crippen molar-refractivity contribution in [1.29, 1.82) is 0 Å². The highest BCUT2D eigenvalue weighted by Crippen LogP contribution is 2.22. The molecular formula is C17H16N2O4S2. The molecule has 130 valence electrons. The molecule has 6 nitrogen and oxygen atoms in total. The van der Waals surface area contributed by atoms with Crippen molar-refractivity contribution in [2.24, 2.45) is 0 Å². The van der Waals surface area contributed by atoms with Crippen LogP contribution in [-0.2, 0) is 19.6 Å². The first kappa shape index (κ1) is 17.4. The zero-order valence-corrected chi connectivity index (χ0v) is 14.8. The Bertz CT molecular complexity index is 901. The second kappa shape index (κ2) is 7.20. The molecule has 2 heterocycles. The van der Waals surface area contributed by atoms with E-state index in [2.05, 4.69) is 0 Å². The van der Waals surface area contributed by atoms with Gasteiger partial charge < -0.3 is 4.90 Å². The van der Waals surface area contributed by atoms with E-state index in [0.29, 0.717) is 6.42 Å². The summed E-state index contributed by atoms with van der Waals surface area (Å²) in [6, 6.07) is 10.2. The summed E-state index contributed by atoms with van der Waals surface area (Å²) in [5.41, 5.74) is 1.56. The molecule has 1 aliphatic heterocycles. The van der Waals surface area contributed by atoms with Crippen LogP contribution in [0.3, 0.4) is 0 Å². The molecule has 25 heavy (non-hydrogen) atoms. The molecule has 1 aromatic heterocycles. The third-order valence-corrected chi connectivity index (χ3v) is 6.44. The van der Waals surface area contributed by atoms with Crippen molar-refractivity contribution in [2.75, 3.05) is 11.4 Å². The van der Waals surface area contributed by atoms with Gasteiger partial charge in [-0.05, 0) is 41.6 Å². The Labute approximate surface area is 149 Å². The first-order chi connectivity index (χ1) is 12.0. The normalized spacial score (nSPS) is 15.0. The lowest BCUT2D eigenvalue weighted by atomic mass is 10.2. The monoisotopic (exact) mass is 376 g/mol. The lowest BCUT2D eigenvalue weighted by molar-refractivity contribution is -0.117. The number of nitrogens with zero attached hydrogens (tertiary/aromatic N) is 1. The van der Waals surface area contributed by atoms with E-state index in [1.165, 1.54) is 18.2 Å². The van der Waals surface area contributed by atoms with Gasteiger partial charge in [0, 0.05) is 24.7 Å². The Balaban J connectivity index is 1.63. The van der Waals surface area contributed by atoms with E-state index in [1.807, 2.05) is 16.9 Å². The van der Waals surface area contributed by atoms with Crippen LogP contribution in [0.5, 0.6) is 0 Å². The fourth-order valence-corrected chi connectivity index (χ4v) is 4.43. The molecule has 8 heteroatoms. The molecule has 0 spiro atoms. The Morgan fingerprint density at radius 2 is 1.96 bits per heavy atom. The van der Waals surface area contributed by atoms with Crippen LogP contribution in [-0.4, -0.2) is 26.8 Å². The largest absolute Gasteiger partial charge is 0.312 e. The highest BCUT2D eigenvalue weighted by molar-refractivity contribution is 7.92. The number of nitrogens with one attached hydrogen (secondary N) is 1. The smallest absolute Gasteiger partial charge is 0.273 e. The zero-order chi connectivity index (χ0) is 17.9. The number of sulfonamides is 1. The molecule has 0 aliphatic carbocycles. The van der Waals surface area contributed by atoms with E-state index in [-0.39, 0.29) is 10.1 Å². The van der Waals surface area contributed by atoms with Crippen LogP contribution in [0.25, 0.3) is 6.08 Å². The fraction of sp³-hybridized carbons (Fsp3) is 0.176. The Morgan fingerprint density at radius 3 is 2.56 bits per heavy atom. The first-order valence-corrected chi connectivity index (χ1v) is 10.0. The summed E-state index contributed by atoms with van der Waals surface area (Å²) in [6.45, 7) is 0.719. The molecule has 1 N–H and O–H groups in total. The van der Waals surface area contributed by atoms with Crippen molar-refractivity contribution >= 4 is 44.9 Å². The van der Waals surface area contributed by atoms with Crippen LogP contribution < -0.4 is 9.62 Å². The maximum absolute atomic E-state index is 11.9. The number of carbonyl (C=O) groups is 2. The Hall–Kier alpha value is -2.45. The number of hydrogen-bond donors (Lipinski definition) is 1. The number of thiophene rings is 1. The lowest BCUT2D eigenvalue weighted by Gasteiger charge is -2.15. The summed E-state index contributed by atoms with van der Waals surface area (Å²) in [5.74, 6) is -0.603. The average Bonchev–Trinajstić information content (AvgIpc) is 3.25. The van der Waals surface area contributed by atoms with Crippen molar-refractivity contribution in [1.82, 2.24) is 4.72 Å². The molecule has 0 saturated carbocycles. The van der Waals surface area contributed by atoms with Gasteiger partial charge in [0.1, 0.15) is 4.21 Å². The summed E-state index contributed by atoms with van der Waals surface area (Å²) < 4.78 is 26.0. The van der Waals surface area contributed by atoms with Crippen LogP contribution in [0.15, 0.2) is 52.1 Å². The van der Waals surface area contributed by atoms with Crippen molar-refractivity contribution in [3.63, 3.8) is 0 Å². The van der Waals surface area contributed by atoms with Gasteiger partial charge in [-0.15, -0.1) is 11.3 Å². The molecule has 0 radical (unpaired) electrons. The second-order valence-corrected chi connectivity index (χ2v) is 8.33. The fourth-order valence-electron chi connectivity index (χ4n) is 2.49. The third-order valence-electron chi connectivity index (χ3n) is 3.70. The van der Waals surface area contributed by atoms with Gasteiger partial charge in [0.05, 0.1) is 0 Å². The standard InChI is InChI=1S/C17H16N2O4S2/c20-15(18-25(22,23)17-4-2-12-24-17)10-7-13-5-8-14(9-6-13)19-11-1-3-16(19)21/h2,4-10,12H,1,3,11H2,(H,18,20)/b10-7+. The quantitative estimate of drug-likeness (QED) is 0.812. The molecule has 1 aromatic carbocycles. The molecule has 2 amide bonds. The van der Waals surface area contributed by atoms with Crippen LogP contribution in [0.1, 0.15) is 18.4 Å². The molecular weight excluding hydrogens is 360 g/mol. The van der Waals surface area contributed by atoms with E-state index in [9.17, 15) is 18.0 Å². The molecule has 1 saturated heterocycles. The number of anilines is 1. The number of amides is 2. The van der Waals surface area contributed by atoms with E-state index < -0.39 is 15.9 Å². The van der Waals surface area contributed by atoms with E-state index >= 15 is 0 Å². The van der Waals surface area contributed by atoms with Gasteiger partial charge in [-0.1, -0.05) is 18.2 Å². The van der Waals surface area contributed by atoms with Gasteiger partial charge in [0.25, 0.3) is 15.9 Å². The van der Waals surface area contributed by atoms with Gasteiger partial charge in [-0.25, -0.2) is 13.1 Å². The average molecular weight is 376 g/mol. The number of benzene rings is 1. The van der Waals surface area contributed by atoms with Gasteiger partial charge in [0.15, 0.2) is 0 Å². The van der Waals surface area contributed by atoms with Crippen LogP contribution in [0, 0.1) is 0 Å². The van der Waals surface area contributed by atoms with Crippen molar-refractivity contribution in [3.8, 4) is 0 Å². The topological polar surface area (TPSA) is 83.6 Å². The van der Waals surface area contributed by atoms with Gasteiger partial charge in [-0.3, -0.25) is 9.59 Å². The summed E-state index contributed by atoms with van der Waals surface area (Å²) >= 11 is 1.04. The second-order valence-electron chi connectivity index (χ2n) is 5.48. The summed E-state index contributed by atoms with van der Waals surface area (Å²) in [7, 11) is -3.82. The molecule has 1 fully saturated rings. The summed E-state index contributed by atoms with van der Waals surface area (Å²) in [6.07, 6.45) is 4.12. The highest BCUT2D eigenvalue weighted by atomic mass is 32.2. The molecule has 0 unspecified atom stereocenters. The molecule has 0 atom stereocenters. The predicted octanol–water partition coefficient (Wildman–Crippen LogP) is 2.39. The van der Waals surface area contributed by atoms with E-state index in [4.69, 9.17) is 0 Å². The molecule has 1 aliphatic rings. The minimum atomic E-state index is -3.82. The maximum atomic E-state index is 11.9. The molecule has 0 bridgehead atoms. The zero-order valence-electron chi connectivity index (χ0n) is 13.2. The number of rotatable bonds is 5. The van der Waals surface area contributed by atoms with Crippen molar-refractivity contribution in [3.05, 3.63) is 53.4 Å². The minimum Gasteiger partial charge on any atom is -0.312 e. The first-order valence-electron chi connectivity index (χ1n) is 7.64. The highest BCUT2D eigenvalue weighted by Gasteiger charge is 2.21. The Kier molecular flexibility index (Phi) is 5.00. The van der Waals surface area contributed by atoms with E-state index in [1.54, 1.807) is 28.5 Å². The minimum absolute atomic E-state index is 0.0916. The number of hydrogen-bond acceptors (Lipinski definition) is 5. The third kappa shape index (κ3) is 4.15. The van der Waals surface area contributed by atoms with Crippen molar-refractivity contribution < 1.29 is 18.0 Å². The Morgan fingerprint density at radius 1 is 1.20 bits per heavy atom. The molecule has 2 aromatic rings. The van der Waals surface area contributed by atoms with Crippen LogP contribution >= 0.6 is 11.3 Å². The van der Waals surface area contributed by atoms with Crippen LogP contribution in [0.2, 0.25) is 0 Å². The summed E-state index contributed by atoms with van der Waals surface area (Å²) in [4.78, 5) is 25.3. The van der Waals surface area contributed by atoms with E-state index in [0.717, 1.165) is 35.6 Å². The maximum Gasteiger partial charge on any atom is 0.273 e. The van der Waals surface area contributed by atoms with Crippen LogP contribution in [0.4, 0.5) is 5.69 Å². The van der Waals surface area contributed by atoms with Gasteiger partial charge >= 0.3 is 0 Å². The predicted molar refractivity (Wildman–Crippen MR) is 96.7 cm³/mol. The lowest BCUT2D eigenvalue weighted by Crippen LogP contribution is -2.28. The number of carbonyl (C=O) groups excluding carboxylic acids is 2. The van der Waals surface area contributed by atoms with Crippen molar-refractivity contribution in [2.45, 2.75) is 17.1 Å². The SMILES string of the molecule is O=C(/C=C/c1ccc(N2CCCC2=O)cc1)NS(=O)(=O)c1cccs1.